The van der Waals surface area contributed by atoms with Gasteiger partial charge in [-0.05, 0) is 18.9 Å². The Bertz CT molecular complexity index is 415. The van der Waals surface area contributed by atoms with Gasteiger partial charge in [0.1, 0.15) is 6.29 Å². The number of nitrogens with one attached hydrogen (secondary N) is 2. The Kier molecular flexibility index (Phi) is 10.5. The van der Waals surface area contributed by atoms with Crippen molar-refractivity contribution in [2.45, 2.75) is 58.7 Å². The van der Waals surface area contributed by atoms with Gasteiger partial charge in [-0.1, -0.05) is 34.1 Å². The number of nitrogens with zero attached hydrogens (tertiary/aromatic N) is 1. The molecule has 0 bridgehead atoms. The van der Waals surface area contributed by atoms with Crippen molar-refractivity contribution in [2.24, 2.45) is 11.8 Å². The molecule has 0 saturated heterocycles. The van der Waals surface area contributed by atoms with Gasteiger partial charge >= 0.3 is 6.03 Å². The van der Waals surface area contributed by atoms with E-state index in [1.807, 2.05) is 27.7 Å². The predicted octanol–water partition coefficient (Wildman–Crippen LogP) is 1.42. The van der Waals surface area contributed by atoms with Gasteiger partial charge in [0.05, 0.1) is 18.2 Å². The van der Waals surface area contributed by atoms with Crippen LogP contribution >= 0.6 is 0 Å². The molecule has 0 aliphatic rings. The maximum Gasteiger partial charge on any atom is 0.324 e. The number of carbonyl (C=O) groups is 3. The molecule has 0 heterocycles. The van der Waals surface area contributed by atoms with E-state index in [1.165, 1.54) is 12.0 Å². The predicted molar refractivity (Wildman–Crippen MR) is 93.7 cm³/mol. The van der Waals surface area contributed by atoms with Crippen LogP contribution < -0.4 is 10.6 Å². The summed E-state index contributed by atoms with van der Waals surface area (Å²) in [5.41, 5.74) is 0. The van der Waals surface area contributed by atoms with Crippen LogP contribution in [0.3, 0.4) is 0 Å². The third-order valence-corrected chi connectivity index (χ3v) is 4.50. The van der Waals surface area contributed by atoms with E-state index >= 15 is 0 Å². The molecule has 0 radical (unpaired) electrons. The third-order valence-electron chi connectivity index (χ3n) is 4.50. The Morgan fingerprint density at radius 1 is 1.25 bits per heavy atom. The van der Waals surface area contributed by atoms with Crippen LogP contribution in [0.15, 0.2) is 0 Å². The van der Waals surface area contributed by atoms with Crippen LogP contribution in [0.25, 0.3) is 0 Å². The number of rotatable bonds is 10. The van der Waals surface area contributed by atoms with Crippen LogP contribution in [0.1, 0.15) is 40.5 Å². The normalized spacial score (nSPS) is 16.2. The SMILES string of the molecule is CCC(C)C(C(CC=O)OC)N(C)C(=O)NC(=O)C(NC)C(C)C. The second-order valence-electron chi connectivity index (χ2n) is 6.47. The summed E-state index contributed by atoms with van der Waals surface area (Å²) in [6.07, 6.45) is 1.40. The molecule has 0 saturated carbocycles. The monoisotopic (exact) mass is 343 g/mol. The maximum atomic E-state index is 12.5. The number of hydrogen-bond acceptors (Lipinski definition) is 5. The lowest BCUT2D eigenvalue weighted by molar-refractivity contribution is -0.123. The second kappa shape index (κ2) is 11.1. The standard InChI is InChI=1S/C17H33N3O4/c1-8-12(4)15(13(24-7)9-10-21)20(6)17(23)19-16(22)14(18-5)11(2)3/h10-15,18H,8-9H2,1-7H3,(H,19,22,23). The summed E-state index contributed by atoms with van der Waals surface area (Å²) >= 11 is 0. The van der Waals surface area contributed by atoms with Gasteiger partial charge in [-0.3, -0.25) is 10.1 Å². The topological polar surface area (TPSA) is 87.7 Å². The zero-order chi connectivity index (χ0) is 18.9. The summed E-state index contributed by atoms with van der Waals surface area (Å²) in [5.74, 6) is -0.192. The van der Waals surface area contributed by atoms with Crippen molar-refractivity contribution in [1.82, 2.24) is 15.5 Å². The Morgan fingerprint density at radius 3 is 2.21 bits per heavy atom. The molecule has 4 atom stereocenters. The number of aldehydes is 1. The first-order chi connectivity index (χ1) is 11.2. The van der Waals surface area contributed by atoms with Crippen LogP contribution in [0.2, 0.25) is 0 Å². The Hall–Kier alpha value is -1.47. The molecule has 7 heteroatoms. The Morgan fingerprint density at radius 2 is 1.83 bits per heavy atom. The molecular weight excluding hydrogens is 310 g/mol. The maximum absolute atomic E-state index is 12.5. The average Bonchev–Trinajstić information content (AvgIpc) is 2.53. The molecule has 0 aliphatic carbocycles. The summed E-state index contributed by atoms with van der Waals surface area (Å²) in [6.45, 7) is 7.82. The van der Waals surface area contributed by atoms with Crippen molar-refractivity contribution >= 4 is 18.2 Å². The number of methoxy groups -OCH3 is 1. The lowest BCUT2D eigenvalue weighted by atomic mass is 9.91. The van der Waals surface area contributed by atoms with Crippen LogP contribution in [0, 0.1) is 11.8 Å². The number of likely N-dealkylation sites (N-methyl/N-ethyl adjacent to an activating group) is 2. The van der Waals surface area contributed by atoms with Gasteiger partial charge in [-0.2, -0.15) is 0 Å². The van der Waals surface area contributed by atoms with Crippen LogP contribution in [0.5, 0.6) is 0 Å². The molecular formula is C17H33N3O4. The minimum atomic E-state index is -0.487. The summed E-state index contributed by atoms with van der Waals surface area (Å²) in [4.78, 5) is 37.1. The molecule has 7 nitrogen and oxygen atoms in total. The highest BCUT2D eigenvalue weighted by Gasteiger charge is 2.33. The molecule has 3 amide bonds. The number of carbonyl (C=O) groups excluding carboxylic acids is 3. The van der Waals surface area contributed by atoms with E-state index in [1.54, 1.807) is 14.1 Å². The van der Waals surface area contributed by atoms with E-state index in [2.05, 4.69) is 10.6 Å². The van der Waals surface area contributed by atoms with Gasteiger partial charge in [0.25, 0.3) is 0 Å². The molecule has 0 aromatic heterocycles. The molecule has 0 rings (SSSR count). The van der Waals surface area contributed by atoms with Gasteiger partial charge in [-0.15, -0.1) is 0 Å². The van der Waals surface area contributed by atoms with Gasteiger partial charge in [0.15, 0.2) is 0 Å². The van der Waals surface area contributed by atoms with E-state index in [9.17, 15) is 14.4 Å². The first kappa shape index (κ1) is 22.5. The van der Waals surface area contributed by atoms with Crippen molar-refractivity contribution in [3.05, 3.63) is 0 Å². The zero-order valence-electron chi connectivity index (χ0n) is 16.0. The molecule has 0 fully saturated rings. The highest BCUT2D eigenvalue weighted by molar-refractivity contribution is 5.97. The average molecular weight is 343 g/mol. The first-order valence-electron chi connectivity index (χ1n) is 8.46. The largest absolute Gasteiger partial charge is 0.379 e. The highest BCUT2D eigenvalue weighted by atomic mass is 16.5. The lowest BCUT2D eigenvalue weighted by Crippen LogP contribution is -2.56. The molecule has 2 N–H and O–H groups in total. The third kappa shape index (κ3) is 6.20. The first-order valence-corrected chi connectivity index (χ1v) is 8.46. The van der Waals surface area contributed by atoms with E-state index in [4.69, 9.17) is 4.74 Å². The number of ether oxygens (including phenoxy) is 1. The zero-order valence-corrected chi connectivity index (χ0v) is 16.0. The van der Waals surface area contributed by atoms with E-state index < -0.39 is 18.2 Å². The number of amides is 3. The number of imide groups is 1. The van der Waals surface area contributed by atoms with Crippen LogP contribution in [-0.4, -0.2) is 62.5 Å². The van der Waals surface area contributed by atoms with E-state index in [0.29, 0.717) is 0 Å². The smallest absolute Gasteiger partial charge is 0.324 e. The fraction of sp³-hybridized carbons (Fsp3) is 0.824. The van der Waals surface area contributed by atoms with Gasteiger partial charge in [-0.25, -0.2) is 4.79 Å². The van der Waals surface area contributed by atoms with Crippen molar-refractivity contribution in [3.8, 4) is 0 Å². The lowest BCUT2D eigenvalue weighted by Gasteiger charge is -2.37. The van der Waals surface area contributed by atoms with Crippen LogP contribution in [0.4, 0.5) is 4.79 Å². The second-order valence-corrected chi connectivity index (χ2v) is 6.47. The molecule has 0 spiro atoms. The fourth-order valence-electron chi connectivity index (χ4n) is 2.88. The van der Waals surface area contributed by atoms with Gasteiger partial charge in [0.2, 0.25) is 5.91 Å². The number of hydrogen-bond donors (Lipinski definition) is 2. The number of urea groups is 1. The molecule has 24 heavy (non-hydrogen) atoms. The molecule has 0 aromatic rings. The Labute approximate surface area is 145 Å². The quantitative estimate of drug-likeness (QED) is 0.586. The van der Waals surface area contributed by atoms with E-state index in [-0.39, 0.29) is 30.2 Å². The Balaban J connectivity index is 5.20. The molecule has 0 aromatic carbocycles. The van der Waals surface area contributed by atoms with E-state index in [0.717, 1.165) is 12.7 Å². The summed E-state index contributed by atoms with van der Waals surface area (Å²) in [5, 5.41) is 5.34. The minimum Gasteiger partial charge on any atom is -0.379 e. The molecule has 140 valence electrons. The molecule has 0 aliphatic heterocycles. The minimum absolute atomic E-state index is 0.0558. The fourth-order valence-corrected chi connectivity index (χ4v) is 2.88. The summed E-state index contributed by atoms with van der Waals surface area (Å²) in [7, 11) is 4.84. The van der Waals surface area contributed by atoms with Gasteiger partial charge in [0, 0.05) is 20.6 Å². The van der Waals surface area contributed by atoms with Crippen molar-refractivity contribution in [3.63, 3.8) is 0 Å². The van der Waals surface area contributed by atoms with Gasteiger partial charge < -0.3 is 19.7 Å². The van der Waals surface area contributed by atoms with Crippen LogP contribution in [-0.2, 0) is 14.3 Å². The van der Waals surface area contributed by atoms with Crippen molar-refractivity contribution in [2.75, 3.05) is 21.2 Å². The van der Waals surface area contributed by atoms with Crippen molar-refractivity contribution < 1.29 is 19.1 Å². The summed E-state index contributed by atoms with van der Waals surface area (Å²) in [6, 6.07) is -1.23. The molecule has 4 unspecified atom stereocenters. The van der Waals surface area contributed by atoms with Crippen molar-refractivity contribution in [1.29, 1.82) is 0 Å². The highest BCUT2D eigenvalue weighted by Crippen LogP contribution is 2.21. The summed E-state index contributed by atoms with van der Waals surface area (Å²) < 4.78 is 5.41.